The molecule has 0 amide bonds. The normalized spacial score (nSPS) is 16.4. The maximum atomic E-state index is 13.3. The van der Waals surface area contributed by atoms with E-state index in [0.717, 1.165) is 19.2 Å². The molecule has 2 N–H and O–H groups in total. The Kier molecular flexibility index (Phi) is 6.50. The van der Waals surface area contributed by atoms with E-state index < -0.39 is 15.8 Å². The van der Waals surface area contributed by atoms with Gasteiger partial charge in [-0.05, 0) is 30.4 Å². The third-order valence-corrected chi connectivity index (χ3v) is 6.16. The zero-order chi connectivity index (χ0) is 17.7. The number of hydrogen-bond acceptors (Lipinski definition) is 3. The number of benzene rings is 1. The average Bonchev–Trinajstić information content (AvgIpc) is 2.54. The van der Waals surface area contributed by atoms with E-state index in [1.54, 1.807) is 0 Å². The van der Waals surface area contributed by atoms with Crippen LogP contribution in [-0.4, -0.2) is 76.1 Å². The summed E-state index contributed by atoms with van der Waals surface area (Å²) < 4.78 is 39.8. The molecule has 0 unspecified atom stereocenters. The van der Waals surface area contributed by atoms with Crippen LogP contribution in [0.4, 0.5) is 4.39 Å². The highest BCUT2D eigenvalue weighted by molar-refractivity contribution is 7.89. The SMILES string of the molecule is C[NH+](C)CCNC(=S)N1CCN(S(=O)(=O)c2cccc(F)c2)CC1. The predicted molar refractivity (Wildman–Crippen MR) is 95.0 cm³/mol. The van der Waals surface area contributed by atoms with E-state index in [1.807, 2.05) is 4.90 Å². The van der Waals surface area contributed by atoms with Gasteiger partial charge in [-0.15, -0.1) is 0 Å². The lowest BCUT2D eigenvalue weighted by molar-refractivity contribution is -0.856. The highest BCUT2D eigenvalue weighted by atomic mass is 32.2. The van der Waals surface area contributed by atoms with Gasteiger partial charge >= 0.3 is 0 Å². The first-order chi connectivity index (χ1) is 11.3. The van der Waals surface area contributed by atoms with Crippen molar-refractivity contribution >= 4 is 27.4 Å². The lowest BCUT2D eigenvalue weighted by Crippen LogP contribution is -3.06. The first-order valence-electron chi connectivity index (χ1n) is 7.88. The van der Waals surface area contributed by atoms with Crippen LogP contribution in [-0.2, 0) is 10.0 Å². The van der Waals surface area contributed by atoms with Crippen molar-refractivity contribution in [2.75, 3.05) is 53.4 Å². The second-order valence-electron chi connectivity index (χ2n) is 6.04. The number of piperazine rings is 1. The molecule has 0 aromatic heterocycles. The van der Waals surface area contributed by atoms with Crippen molar-refractivity contribution < 1.29 is 17.7 Å². The number of nitrogens with zero attached hydrogens (tertiary/aromatic N) is 2. The van der Waals surface area contributed by atoms with Crippen LogP contribution in [0.3, 0.4) is 0 Å². The van der Waals surface area contributed by atoms with Gasteiger partial charge in [0, 0.05) is 26.2 Å². The zero-order valence-electron chi connectivity index (χ0n) is 14.0. The molecule has 0 bridgehead atoms. The molecule has 0 radical (unpaired) electrons. The Bertz CT molecular complexity index is 674. The summed E-state index contributed by atoms with van der Waals surface area (Å²) in [6.07, 6.45) is 0. The smallest absolute Gasteiger partial charge is 0.243 e. The van der Waals surface area contributed by atoms with Crippen molar-refractivity contribution in [3.05, 3.63) is 30.1 Å². The Labute approximate surface area is 148 Å². The van der Waals surface area contributed by atoms with Crippen LogP contribution < -0.4 is 10.2 Å². The maximum Gasteiger partial charge on any atom is 0.243 e. The molecule has 1 aliphatic heterocycles. The van der Waals surface area contributed by atoms with Gasteiger partial charge in [0.1, 0.15) is 5.82 Å². The van der Waals surface area contributed by atoms with Crippen molar-refractivity contribution in [3.8, 4) is 0 Å². The summed E-state index contributed by atoms with van der Waals surface area (Å²) in [5.74, 6) is -0.553. The van der Waals surface area contributed by atoms with E-state index in [4.69, 9.17) is 12.2 Å². The fraction of sp³-hybridized carbons (Fsp3) is 0.533. The van der Waals surface area contributed by atoms with Gasteiger partial charge in [0.2, 0.25) is 10.0 Å². The van der Waals surface area contributed by atoms with Gasteiger partial charge in [0.05, 0.1) is 32.1 Å². The predicted octanol–water partition coefficient (Wildman–Crippen LogP) is -0.849. The molecule has 1 aromatic rings. The van der Waals surface area contributed by atoms with Gasteiger partial charge in [0.15, 0.2) is 5.11 Å². The summed E-state index contributed by atoms with van der Waals surface area (Å²) in [7, 11) is 0.478. The highest BCUT2D eigenvalue weighted by Gasteiger charge is 2.29. The Morgan fingerprint density at radius 3 is 2.54 bits per heavy atom. The molecule has 0 aliphatic carbocycles. The molecular weight excluding hydrogens is 351 g/mol. The summed E-state index contributed by atoms with van der Waals surface area (Å²) in [5.41, 5.74) is 0. The minimum atomic E-state index is -3.66. The third-order valence-electron chi connectivity index (χ3n) is 3.86. The zero-order valence-corrected chi connectivity index (χ0v) is 15.6. The average molecular weight is 376 g/mol. The van der Waals surface area contributed by atoms with Crippen molar-refractivity contribution in [1.82, 2.24) is 14.5 Å². The maximum absolute atomic E-state index is 13.3. The van der Waals surface area contributed by atoms with Gasteiger partial charge in [-0.3, -0.25) is 0 Å². The number of halogens is 1. The molecule has 6 nitrogen and oxygen atoms in total. The number of sulfonamides is 1. The Morgan fingerprint density at radius 2 is 1.96 bits per heavy atom. The van der Waals surface area contributed by atoms with E-state index in [0.29, 0.717) is 31.3 Å². The van der Waals surface area contributed by atoms with Gasteiger partial charge in [-0.2, -0.15) is 4.31 Å². The van der Waals surface area contributed by atoms with Crippen molar-refractivity contribution in [3.63, 3.8) is 0 Å². The molecule has 1 aliphatic rings. The quantitative estimate of drug-likeness (QED) is 0.657. The lowest BCUT2D eigenvalue weighted by Gasteiger charge is -2.35. The Balaban J connectivity index is 1.91. The van der Waals surface area contributed by atoms with Crippen LogP contribution in [0.1, 0.15) is 0 Å². The summed E-state index contributed by atoms with van der Waals surface area (Å²) in [5, 5.41) is 3.85. The summed E-state index contributed by atoms with van der Waals surface area (Å²) in [6, 6.07) is 5.11. The Hall–Kier alpha value is -1.29. The van der Waals surface area contributed by atoms with Crippen LogP contribution >= 0.6 is 12.2 Å². The van der Waals surface area contributed by atoms with Gasteiger partial charge in [-0.25, -0.2) is 12.8 Å². The van der Waals surface area contributed by atoms with E-state index in [2.05, 4.69) is 19.4 Å². The van der Waals surface area contributed by atoms with Crippen molar-refractivity contribution in [2.24, 2.45) is 0 Å². The Morgan fingerprint density at radius 1 is 1.29 bits per heavy atom. The lowest BCUT2D eigenvalue weighted by atomic mass is 10.3. The molecule has 2 rings (SSSR count). The molecular formula is C15H24FN4O2S2+. The van der Waals surface area contributed by atoms with Crippen LogP contribution in [0.15, 0.2) is 29.2 Å². The number of thiocarbonyl (C=S) groups is 1. The molecule has 0 atom stereocenters. The van der Waals surface area contributed by atoms with E-state index in [-0.39, 0.29) is 4.90 Å². The number of nitrogens with one attached hydrogen (secondary N) is 2. The van der Waals surface area contributed by atoms with Gasteiger partial charge in [0.25, 0.3) is 0 Å². The summed E-state index contributed by atoms with van der Waals surface area (Å²) in [4.78, 5) is 3.29. The van der Waals surface area contributed by atoms with Crippen LogP contribution in [0.2, 0.25) is 0 Å². The molecule has 1 fully saturated rings. The molecule has 134 valence electrons. The number of likely N-dealkylation sites (N-methyl/N-ethyl adjacent to an activating group) is 1. The molecule has 1 aromatic carbocycles. The molecule has 1 heterocycles. The van der Waals surface area contributed by atoms with Crippen LogP contribution in [0.25, 0.3) is 0 Å². The van der Waals surface area contributed by atoms with Crippen LogP contribution in [0.5, 0.6) is 0 Å². The number of quaternary nitrogens is 1. The minimum Gasteiger partial charge on any atom is -0.357 e. The second kappa shape index (κ2) is 8.19. The fourth-order valence-corrected chi connectivity index (χ4v) is 4.18. The number of rotatable bonds is 5. The summed E-state index contributed by atoms with van der Waals surface area (Å²) >= 11 is 5.36. The van der Waals surface area contributed by atoms with E-state index >= 15 is 0 Å². The standard InChI is InChI=1S/C15H23FN4O2S2/c1-18(2)7-6-17-15(23)19-8-10-20(11-9-19)24(21,22)14-5-3-4-13(16)12-14/h3-5,12H,6-11H2,1-2H3,(H,17,23)/p+1. The number of hydrogen-bond donors (Lipinski definition) is 2. The van der Waals surface area contributed by atoms with Crippen molar-refractivity contribution in [1.29, 1.82) is 0 Å². The minimum absolute atomic E-state index is 0.00869. The van der Waals surface area contributed by atoms with E-state index in [1.165, 1.54) is 27.4 Å². The second-order valence-corrected chi connectivity index (χ2v) is 8.36. The fourth-order valence-electron chi connectivity index (χ4n) is 2.44. The van der Waals surface area contributed by atoms with Crippen LogP contribution in [0, 0.1) is 5.82 Å². The molecule has 24 heavy (non-hydrogen) atoms. The molecule has 9 heteroatoms. The topological polar surface area (TPSA) is 57.1 Å². The van der Waals surface area contributed by atoms with Crippen molar-refractivity contribution in [2.45, 2.75) is 4.90 Å². The van der Waals surface area contributed by atoms with E-state index in [9.17, 15) is 12.8 Å². The highest BCUT2D eigenvalue weighted by Crippen LogP contribution is 2.18. The third kappa shape index (κ3) is 4.85. The van der Waals surface area contributed by atoms with Gasteiger partial charge in [-0.1, -0.05) is 6.07 Å². The monoisotopic (exact) mass is 375 g/mol. The summed E-state index contributed by atoms with van der Waals surface area (Å²) in [6.45, 7) is 3.45. The first kappa shape index (κ1) is 19.0. The molecule has 1 saturated heterocycles. The molecule has 0 saturated carbocycles. The van der Waals surface area contributed by atoms with Gasteiger partial charge < -0.3 is 15.1 Å². The molecule has 0 spiro atoms. The largest absolute Gasteiger partial charge is 0.357 e. The first-order valence-corrected chi connectivity index (χ1v) is 9.73.